The molecule has 0 spiro atoms. The molecule has 0 N–H and O–H groups in total. The van der Waals surface area contributed by atoms with Crippen molar-refractivity contribution in [1.82, 2.24) is 5.16 Å². The molecular formula is C7H4BrNO. The zero-order valence-electron chi connectivity index (χ0n) is 5.04. The molecule has 0 aliphatic rings. The van der Waals surface area contributed by atoms with Crippen LogP contribution in [0.4, 0.5) is 0 Å². The molecule has 1 aromatic heterocycles. The predicted octanol–water partition coefficient (Wildman–Crippen LogP) is 2.59. The first-order chi connectivity index (χ1) is 4.88. The van der Waals surface area contributed by atoms with Gasteiger partial charge in [-0.15, -0.1) is 0 Å². The van der Waals surface area contributed by atoms with E-state index in [-0.39, 0.29) is 0 Å². The summed E-state index contributed by atoms with van der Waals surface area (Å²) in [5, 5.41) is 4.67. The van der Waals surface area contributed by atoms with E-state index >= 15 is 0 Å². The molecule has 0 unspecified atom stereocenters. The van der Waals surface area contributed by atoms with E-state index in [1.165, 1.54) is 0 Å². The van der Waals surface area contributed by atoms with Crippen molar-refractivity contribution in [3.63, 3.8) is 0 Å². The molecule has 0 atom stereocenters. The van der Waals surface area contributed by atoms with Crippen LogP contribution in [0.15, 0.2) is 33.4 Å². The van der Waals surface area contributed by atoms with E-state index in [2.05, 4.69) is 21.1 Å². The lowest BCUT2D eigenvalue weighted by Gasteiger charge is -1.86. The van der Waals surface area contributed by atoms with Gasteiger partial charge in [-0.1, -0.05) is 11.2 Å². The maximum atomic E-state index is 4.92. The molecule has 0 saturated heterocycles. The fourth-order valence-corrected chi connectivity index (χ4v) is 1.31. The molecule has 0 amide bonds. The van der Waals surface area contributed by atoms with Crippen LogP contribution in [-0.2, 0) is 0 Å². The van der Waals surface area contributed by atoms with Crippen LogP contribution in [0.1, 0.15) is 0 Å². The summed E-state index contributed by atoms with van der Waals surface area (Å²) in [4.78, 5) is 0. The Kier molecular flexibility index (Phi) is 1.24. The molecule has 0 saturated carbocycles. The van der Waals surface area contributed by atoms with Crippen molar-refractivity contribution in [2.45, 2.75) is 0 Å². The summed E-state index contributed by atoms with van der Waals surface area (Å²) in [7, 11) is 0. The second-order valence-corrected chi connectivity index (χ2v) is 2.83. The number of hydrogen-bond donors (Lipinski definition) is 0. The molecule has 0 bridgehead atoms. The maximum absolute atomic E-state index is 4.92. The average molecular weight is 198 g/mol. The summed E-state index contributed by atoms with van der Waals surface area (Å²) in [5.74, 6) is 0. The van der Waals surface area contributed by atoms with Crippen LogP contribution in [0.3, 0.4) is 0 Å². The highest BCUT2D eigenvalue weighted by Gasteiger charge is 1.99. The molecule has 2 rings (SSSR count). The molecule has 10 heavy (non-hydrogen) atoms. The minimum absolute atomic E-state index is 0.814. The quantitative estimate of drug-likeness (QED) is 0.650. The van der Waals surface area contributed by atoms with Crippen molar-refractivity contribution >= 4 is 26.9 Å². The molecule has 1 aromatic carbocycles. The van der Waals surface area contributed by atoms with Gasteiger partial charge in [-0.05, 0) is 28.1 Å². The Labute approximate surface area is 65.9 Å². The largest absolute Gasteiger partial charge is 0.356 e. The number of hydrogen-bond acceptors (Lipinski definition) is 2. The minimum atomic E-state index is 0.814. The third-order valence-electron chi connectivity index (χ3n) is 1.35. The highest BCUT2D eigenvalue weighted by atomic mass is 79.9. The molecule has 50 valence electrons. The number of aromatic nitrogens is 1. The topological polar surface area (TPSA) is 26.0 Å². The van der Waals surface area contributed by atoms with Crippen LogP contribution in [0.2, 0.25) is 0 Å². The van der Waals surface area contributed by atoms with Gasteiger partial charge >= 0.3 is 0 Å². The Bertz CT molecular complexity index is 355. The Morgan fingerprint density at radius 2 is 2.30 bits per heavy atom. The first-order valence-corrected chi connectivity index (χ1v) is 3.66. The molecule has 0 aliphatic carbocycles. The lowest BCUT2D eigenvalue weighted by atomic mass is 10.3. The normalized spacial score (nSPS) is 10.5. The highest BCUT2D eigenvalue weighted by Crippen LogP contribution is 2.22. The van der Waals surface area contributed by atoms with Crippen LogP contribution in [0.5, 0.6) is 0 Å². The van der Waals surface area contributed by atoms with Gasteiger partial charge in [0, 0.05) is 4.47 Å². The monoisotopic (exact) mass is 197 g/mol. The fraction of sp³-hybridized carbons (Fsp3) is 0. The van der Waals surface area contributed by atoms with Gasteiger partial charge in [-0.2, -0.15) is 0 Å². The van der Waals surface area contributed by atoms with E-state index in [4.69, 9.17) is 4.52 Å². The molecular weight excluding hydrogens is 194 g/mol. The standard InChI is InChI=1S/C7H4BrNO/c8-6-2-1-3-7-5(6)4-9-10-7/h1-4H. The van der Waals surface area contributed by atoms with Gasteiger partial charge < -0.3 is 4.52 Å². The number of benzene rings is 1. The number of halogens is 1. The Hall–Kier alpha value is -0.830. The van der Waals surface area contributed by atoms with Gasteiger partial charge in [-0.3, -0.25) is 0 Å². The van der Waals surface area contributed by atoms with Gasteiger partial charge in [0.25, 0.3) is 0 Å². The van der Waals surface area contributed by atoms with Crippen molar-refractivity contribution in [2.75, 3.05) is 0 Å². The van der Waals surface area contributed by atoms with Crippen LogP contribution in [0, 0.1) is 0 Å². The van der Waals surface area contributed by atoms with Gasteiger partial charge in [0.1, 0.15) is 0 Å². The van der Waals surface area contributed by atoms with Gasteiger partial charge in [0.05, 0.1) is 11.6 Å². The SMILES string of the molecule is Brc1cccc2oncc12. The van der Waals surface area contributed by atoms with E-state index < -0.39 is 0 Å². The summed E-state index contributed by atoms with van der Waals surface area (Å²) in [6, 6.07) is 5.75. The number of fused-ring (bicyclic) bond motifs is 1. The van der Waals surface area contributed by atoms with Crippen molar-refractivity contribution in [3.05, 3.63) is 28.9 Å². The first-order valence-electron chi connectivity index (χ1n) is 2.87. The summed E-state index contributed by atoms with van der Waals surface area (Å²) in [6.45, 7) is 0. The average Bonchev–Trinajstić information content (AvgIpc) is 2.36. The lowest BCUT2D eigenvalue weighted by molar-refractivity contribution is 0.456. The van der Waals surface area contributed by atoms with Crippen LogP contribution in [-0.4, -0.2) is 5.16 Å². The maximum Gasteiger partial charge on any atom is 0.167 e. The Morgan fingerprint density at radius 3 is 3.10 bits per heavy atom. The third kappa shape index (κ3) is 0.743. The van der Waals surface area contributed by atoms with Gasteiger partial charge in [-0.25, -0.2) is 0 Å². The second-order valence-electron chi connectivity index (χ2n) is 1.98. The van der Waals surface area contributed by atoms with E-state index in [1.807, 2.05) is 18.2 Å². The van der Waals surface area contributed by atoms with Gasteiger partial charge in [0.2, 0.25) is 0 Å². The van der Waals surface area contributed by atoms with Crippen molar-refractivity contribution < 1.29 is 4.52 Å². The van der Waals surface area contributed by atoms with Crippen LogP contribution in [0.25, 0.3) is 11.0 Å². The van der Waals surface area contributed by atoms with Crippen LogP contribution >= 0.6 is 15.9 Å². The Balaban J connectivity index is 2.95. The molecule has 0 radical (unpaired) electrons. The fourth-order valence-electron chi connectivity index (χ4n) is 0.858. The predicted molar refractivity (Wildman–Crippen MR) is 41.7 cm³/mol. The highest BCUT2D eigenvalue weighted by molar-refractivity contribution is 9.10. The van der Waals surface area contributed by atoms with E-state index in [1.54, 1.807) is 6.20 Å². The van der Waals surface area contributed by atoms with E-state index in [0.29, 0.717) is 0 Å². The first kappa shape index (κ1) is 5.92. The number of nitrogens with zero attached hydrogens (tertiary/aromatic N) is 1. The lowest BCUT2D eigenvalue weighted by Crippen LogP contribution is -1.63. The zero-order chi connectivity index (χ0) is 6.97. The minimum Gasteiger partial charge on any atom is -0.356 e. The molecule has 2 aromatic rings. The second kappa shape index (κ2) is 2.09. The molecule has 0 fully saturated rings. The summed E-state index contributed by atoms with van der Waals surface area (Å²) in [6.07, 6.45) is 1.69. The van der Waals surface area contributed by atoms with E-state index in [9.17, 15) is 0 Å². The summed E-state index contributed by atoms with van der Waals surface area (Å²) in [5.41, 5.74) is 0.814. The summed E-state index contributed by atoms with van der Waals surface area (Å²) >= 11 is 3.38. The van der Waals surface area contributed by atoms with Crippen molar-refractivity contribution in [1.29, 1.82) is 0 Å². The van der Waals surface area contributed by atoms with Crippen molar-refractivity contribution in [3.8, 4) is 0 Å². The molecule has 2 nitrogen and oxygen atoms in total. The molecule has 0 aliphatic heterocycles. The molecule has 1 heterocycles. The Morgan fingerprint density at radius 1 is 1.40 bits per heavy atom. The molecule has 3 heteroatoms. The summed E-state index contributed by atoms with van der Waals surface area (Å²) < 4.78 is 5.94. The van der Waals surface area contributed by atoms with E-state index in [0.717, 1.165) is 15.4 Å². The van der Waals surface area contributed by atoms with Crippen LogP contribution < -0.4 is 0 Å². The van der Waals surface area contributed by atoms with Gasteiger partial charge in [0.15, 0.2) is 5.58 Å². The third-order valence-corrected chi connectivity index (χ3v) is 2.04. The van der Waals surface area contributed by atoms with Crippen molar-refractivity contribution in [2.24, 2.45) is 0 Å². The smallest absolute Gasteiger partial charge is 0.167 e. The number of rotatable bonds is 0. The zero-order valence-corrected chi connectivity index (χ0v) is 6.63.